The van der Waals surface area contributed by atoms with Gasteiger partial charge in [0.05, 0.1) is 24.6 Å². The second kappa shape index (κ2) is 8.62. The van der Waals surface area contributed by atoms with Crippen LogP contribution in [0, 0.1) is 0 Å². The highest BCUT2D eigenvalue weighted by atomic mass is 19.4. The van der Waals surface area contributed by atoms with E-state index in [0.717, 1.165) is 12.8 Å². The molecular weight excluding hydrogens is 395 g/mol. The molecule has 1 aromatic carbocycles. The Morgan fingerprint density at radius 1 is 1.38 bits per heavy atom. The summed E-state index contributed by atoms with van der Waals surface area (Å²) in [5, 5.41) is 15.1. The summed E-state index contributed by atoms with van der Waals surface area (Å²) in [6.07, 6.45) is -2.51. The van der Waals surface area contributed by atoms with Crippen LogP contribution < -0.4 is 5.32 Å². The number of hydrogen-bond acceptors (Lipinski definition) is 5. The molecule has 29 heavy (non-hydrogen) atoms. The van der Waals surface area contributed by atoms with Gasteiger partial charge >= 0.3 is 12.1 Å². The number of alkyl halides is 3. The van der Waals surface area contributed by atoms with Crippen LogP contribution in [0.3, 0.4) is 0 Å². The molecule has 2 aromatic rings. The molecule has 156 valence electrons. The Labute approximate surface area is 163 Å². The van der Waals surface area contributed by atoms with Crippen LogP contribution >= 0.6 is 0 Å². The normalized spacial score (nSPS) is 16.7. The predicted molar refractivity (Wildman–Crippen MR) is 93.9 cm³/mol. The zero-order chi connectivity index (χ0) is 21.0. The Balaban J connectivity index is 1.71. The summed E-state index contributed by atoms with van der Waals surface area (Å²) in [4.78, 5) is 23.1. The first-order chi connectivity index (χ1) is 13.8. The minimum atomic E-state index is -4.93. The molecular formula is C18H18F3N3O5. The number of hydrogen-bond donors (Lipinski definition) is 2. The van der Waals surface area contributed by atoms with Crippen molar-refractivity contribution in [2.45, 2.75) is 25.1 Å². The van der Waals surface area contributed by atoms with Crippen LogP contribution in [0.15, 0.2) is 30.5 Å². The number of nitrogens with zero attached hydrogens (tertiary/aromatic N) is 2. The van der Waals surface area contributed by atoms with E-state index in [1.165, 1.54) is 24.3 Å². The maximum absolute atomic E-state index is 13.3. The van der Waals surface area contributed by atoms with Crippen molar-refractivity contribution in [2.75, 3.05) is 25.1 Å². The van der Waals surface area contributed by atoms with E-state index in [1.807, 2.05) is 0 Å². The standard InChI is InChI=1S/C18H18F3N3O5/c19-18(20,21)16-14(17(26)27)8-22-24(16)12-4-1-3-11(7-12)23-15(25)10-28-9-13-5-2-6-29-13/h1,3-4,7-8,13H,2,5-6,9-10H2,(H,23,25)(H,26,27)/t13-/m0/s1. The Morgan fingerprint density at radius 3 is 2.83 bits per heavy atom. The first kappa shape index (κ1) is 20.8. The lowest BCUT2D eigenvalue weighted by Crippen LogP contribution is -2.22. The predicted octanol–water partition coefficient (Wildman–Crippen LogP) is 2.72. The summed E-state index contributed by atoms with van der Waals surface area (Å²) in [5.74, 6) is -2.22. The number of aromatic carboxylic acids is 1. The molecule has 8 nitrogen and oxygen atoms in total. The lowest BCUT2D eigenvalue weighted by molar-refractivity contribution is -0.143. The second-order valence-electron chi connectivity index (χ2n) is 6.37. The Hall–Kier alpha value is -2.92. The van der Waals surface area contributed by atoms with Gasteiger partial charge in [0.2, 0.25) is 5.91 Å². The maximum Gasteiger partial charge on any atom is 0.434 e. The van der Waals surface area contributed by atoms with Gasteiger partial charge in [-0.25, -0.2) is 9.48 Å². The molecule has 2 heterocycles. The maximum atomic E-state index is 13.3. The SMILES string of the molecule is O=C(COC[C@@H]1CCCO1)Nc1cccc(-n2ncc(C(=O)O)c2C(F)(F)F)c1. The number of carboxylic acids is 1. The van der Waals surface area contributed by atoms with Crippen LogP contribution in [0.5, 0.6) is 0 Å². The molecule has 1 fully saturated rings. The number of carbonyl (C=O) groups is 2. The van der Waals surface area contributed by atoms with E-state index < -0.39 is 29.3 Å². The van der Waals surface area contributed by atoms with E-state index in [4.69, 9.17) is 14.6 Å². The van der Waals surface area contributed by atoms with Gasteiger partial charge in [-0.15, -0.1) is 0 Å². The number of carboxylic acid groups (broad SMARTS) is 1. The molecule has 3 rings (SSSR count). The minimum Gasteiger partial charge on any atom is -0.478 e. The van der Waals surface area contributed by atoms with Gasteiger partial charge in [-0.1, -0.05) is 6.07 Å². The van der Waals surface area contributed by atoms with Crippen LogP contribution in [0.1, 0.15) is 28.9 Å². The molecule has 1 aliphatic heterocycles. The van der Waals surface area contributed by atoms with Gasteiger partial charge in [0, 0.05) is 12.3 Å². The molecule has 11 heteroatoms. The minimum absolute atomic E-state index is 0.0323. The van der Waals surface area contributed by atoms with Crippen molar-refractivity contribution in [3.63, 3.8) is 0 Å². The molecule has 0 radical (unpaired) electrons. The topological polar surface area (TPSA) is 103 Å². The Bertz CT molecular complexity index is 891. The third-order valence-electron chi connectivity index (χ3n) is 4.20. The van der Waals surface area contributed by atoms with Crippen LogP contribution in [0.25, 0.3) is 5.69 Å². The molecule has 1 aliphatic rings. The van der Waals surface area contributed by atoms with E-state index in [-0.39, 0.29) is 30.7 Å². The smallest absolute Gasteiger partial charge is 0.434 e. The Morgan fingerprint density at radius 2 is 2.17 bits per heavy atom. The van der Waals surface area contributed by atoms with Gasteiger partial charge < -0.3 is 19.9 Å². The second-order valence-corrected chi connectivity index (χ2v) is 6.37. The highest BCUT2D eigenvalue weighted by Crippen LogP contribution is 2.34. The van der Waals surface area contributed by atoms with Crippen molar-refractivity contribution in [3.8, 4) is 5.69 Å². The molecule has 0 aliphatic carbocycles. The first-order valence-corrected chi connectivity index (χ1v) is 8.74. The van der Waals surface area contributed by atoms with Crippen LogP contribution in [0.4, 0.5) is 18.9 Å². The average Bonchev–Trinajstić information content (AvgIpc) is 3.31. The summed E-state index contributed by atoms with van der Waals surface area (Å²) in [7, 11) is 0. The number of ether oxygens (including phenoxy) is 2. The van der Waals surface area contributed by atoms with E-state index in [9.17, 15) is 22.8 Å². The van der Waals surface area contributed by atoms with Crippen molar-refractivity contribution in [2.24, 2.45) is 0 Å². The van der Waals surface area contributed by atoms with Gasteiger partial charge in [0.1, 0.15) is 12.2 Å². The van der Waals surface area contributed by atoms with Gasteiger partial charge in [-0.05, 0) is 31.0 Å². The molecule has 0 bridgehead atoms. The number of nitrogens with one attached hydrogen (secondary N) is 1. The van der Waals surface area contributed by atoms with Gasteiger partial charge in [-0.2, -0.15) is 18.3 Å². The summed E-state index contributed by atoms with van der Waals surface area (Å²) in [6, 6.07) is 5.47. The number of benzene rings is 1. The molecule has 1 saturated heterocycles. The number of aromatic nitrogens is 2. The zero-order valence-electron chi connectivity index (χ0n) is 15.1. The lowest BCUT2D eigenvalue weighted by Gasteiger charge is -2.13. The average molecular weight is 413 g/mol. The molecule has 1 aromatic heterocycles. The highest BCUT2D eigenvalue weighted by Gasteiger charge is 2.40. The highest BCUT2D eigenvalue weighted by molar-refractivity contribution is 5.92. The fourth-order valence-electron chi connectivity index (χ4n) is 2.94. The molecule has 0 spiro atoms. The first-order valence-electron chi connectivity index (χ1n) is 8.74. The largest absolute Gasteiger partial charge is 0.478 e. The fraction of sp³-hybridized carbons (Fsp3) is 0.389. The van der Waals surface area contributed by atoms with Crippen molar-refractivity contribution in [1.82, 2.24) is 9.78 Å². The summed E-state index contributed by atoms with van der Waals surface area (Å²) in [5.41, 5.74) is -2.21. The molecule has 0 saturated carbocycles. The quantitative estimate of drug-likeness (QED) is 0.724. The third kappa shape index (κ3) is 5.12. The summed E-state index contributed by atoms with van der Waals surface area (Å²) < 4.78 is 51.2. The lowest BCUT2D eigenvalue weighted by atomic mass is 10.2. The number of rotatable bonds is 7. The number of amides is 1. The van der Waals surface area contributed by atoms with Crippen LogP contribution in [-0.4, -0.2) is 52.7 Å². The molecule has 1 atom stereocenters. The zero-order valence-corrected chi connectivity index (χ0v) is 15.1. The van der Waals surface area contributed by atoms with E-state index in [0.29, 0.717) is 17.5 Å². The molecule has 2 N–H and O–H groups in total. The summed E-state index contributed by atoms with van der Waals surface area (Å²) in [6.45, 7) is 0.723. The number of anilines is 1. The van der Waals surface area contributed by atoms with E-state index in [1.54, 1.807) is 0 Å². The monoisotopic (exact) mass is 413 g/mol. The van der Waals surface area contributed by atoms with E-state index >= 15 is 0 Å². The van der Waals surface area contributed by atoms with Crippen molar-refractivity contribution >= 4 is 17.6 Å². The summed E-state index contributed by atoms with van der Waals surface area (Å²) >= 11 is 0. The van der Waals surface area contributed by atoms with Gasteiger partial charge in [0.25, 0.3) is 0 Å². The van der Waals surface area contributed by atoms with Crippen molar-refractivity contribution < 1.29 is 37.3 Å². The van der Waals surface area contributed by atoms with Crippen LogP contribution in [0.2, 0.25) is 0 Å². The van der Waals surface area contributed by atoms with E-state index in [2.05, 4.69) is 10.4 Å². The van der Waals surface area contributed by atoms with Gasteiger partial charge in [0.15, 0.2) is 5.69 Å². The molecule has 0 unspecified atom stereocenters. The van der Waals surface area contributed by atoms with Gasteiger partial charge in [-0.3, -0.25) is 4.79 Å². The van der Waals surface area contributed by atoms with Crippen molar-refractivity contribution in [3.05, 3.63) is 41.7 Å². The molecule has 1 amide bonds. The van der Waals surface area contributed by atoms with Crippen molar-refractivity contribution in [1.29, 1.82) is 0 Å². The number of halogens is 3. The van der Waals surface area contributed by atoms with Crippen LogP contribution in [-0.2, 0) is 20.4 Å². The third-order valence-corrected chi connectivity index (χ3v) is 4.20. The number of carbonyl (C=O) groups excluding carboxylic acids is 1. The fourth-order valence-corrected chi connectivity index (χ4v) is 2.94. The Kier molecular flexibility index (Phi) is 6.18.